The smallest absolute Gasteiger partial charge is 0.207 e. The molecule has 0 radical (unpaired) electrons. The second kappa shape index (κ2) is 7.38. The predicted molar refractivity (Wildman–Crippen MR) is 97.9 cm³/mol. The van der Waals surface area contributed by atoms with Gasteiger partial charge >= 0.3 is 0 Å². The van der Waals surface area contributed by atoms with E-state index in [-0.39, 0.29) is 16.7 Å². The van der Waals surface area contributed by atoms with Gasteiger partial charge in [-0.3, -0.25) is 0 Å². The van der Waals surface area contributed by atoms with Crippen LogP contribution in [0.4, 0.5) is 26.3 Å². The third-order valence-electron chi connectivity index (χ3n) is 4.54. The molecule has 144 valence electrons. The molecule has 0 N–H and O–H groups in total. The maximum atomic E-state index is 14.7. The molecule has 0 bridgehead atoms. The largest absolute Gasteiger partial charge is 0.264 e. The lowest BCUT2D eigenvalue weighted by atomic mass is 9.36. The van der Waals surface area contributed by atoms with Gasteiger partial charge in [-0.15, -0.1) is 0 Å². The summed E-state index contributed by atoms with van der Waals surface area (Å²) in [6, 6.07) is 5.66. The second-order valence-corrected chi connectivity index (χ2v) is 6.86. The third kappa shape index (κ3) is 3.53. The maximum absolute atomic E-state index is 14.7. The Kier molecular flexibility index (Phi) is 5.28. The molecule has 0 aromatic heterocycles. The highest BCUT2D eigenvalue weighted by Gasteiger charge is 2.37. The SMILES string of the molecule is Cc1cc(F)c(B(c2c(F)cc(C)cc2F)c2c(F)cc(C)cc2F)c(F)c1. The van der Waals surface area contributed by atoms with Crippen molar-refractivity contribution in [3.05, 3.63) is 88.0 Å². The zero-order valence-electron chi connectivity index (χ0n) is 15.3. The average molecular weight is 392 g/mol. The number of halogens is 6. The molecule has 3 aromatic carbocycles. The lowest BCUT2D eigenvalue weighted by Crippen LogP contribution is -2.59. The Morgan fingerprint density at radius 1 is 0.429 bits per heavy atom. The maximum Gasteiger partial charge on any atom is 0.264 e. The van der Waals surface area contributed by atoms with Crippen molar-refractivity contribution in [2.75, 3.05) is 0 Å². The number of aryl methyl sites for hydroxylation is 3. The normalized spacial score (nSPS) is 11.0. The van der Waals surface area contributed by atoms with Crippen molar-refractivity contribution in [3.8, 4) is 0 Å². The summed E-state index contributed by atoms with van der Waals surface area (Å²) in [5.74, 6) is -6.91. The van der Waals surface area contributed by atoms with Crippen LogP contribution in [0.1, 0.15) is 16.7 Å². The fourth-order valence-electron chi connectivity index (χ4n) is 3.39. The summed E-state index contributed by atoms with van der Waals surface area (Å²) in [7, 11) is 0. The van der Waals surface area contributed by atoms with E-state index in [0.29, 0.717) is 0 Å². The monoisotopic (exact) mass is 392 g/mol. The van der Waals surface area contributed by atoms with E-state index >= 15 is 0 Å². The van der Waals surface area contributed by atoms with Crippen molar-refractivity contribution < 1.29 is 26.3 Å². The van der Waals surface area contributed by atoms with Gasteiger partial charge in [0.25, 0.3) is 6.71 Å². The van der Waals surface area contributed by atoms with Crippen LogP contribution in [0.5, 0.6) is 0 Å². The van der Waals surface area contributed by atoms with E-state index in [1.54, 1.807) is 0 Å². The minimum Gasteiger partial charge on any atom is -0.207 e. The van der Waals surface area contributed by atoms with Crippen molar-refractivity contribution in [3.63, 3.8) is 0 Å². The summed E-state index contributed by atoms with van der Waals surface area (Å²) < 4.78 is 88.1. The molecule has 0 aliphatic heterocycles. The number of hydrogen-bond acceptors (Lipinski definition) is 0. The molecular weight excluding hydrogens is 377 g/mol. The summed E-state index contributed by atoms with van der Waals surface area (Å²) in [5.41, 5.74) is -1.83. The molecule has 0 nitrogen and oxygen atoms in total. The summed E-state index contributed by atoms with van der Waals surface area (Å²) in [5, 5.41) is 0. The average Bonchev–Trinajstić information content (AvgIpc) is 2.51. The van der Waals surface area contributed by atoms with Gasteiger partial charge in [0.15, 0.2) is 0 Å². The fourth-order valence-corrected chi connectivity index (χ4v) is 3.39. The molecule has 0 spiro atoms. The molecule has 28 heavy (non-hydrogen) atoms. The highest BCUT2D eigenvalue weighted by molar-refractivity contribution is 6.95. The van der Waals surface area contributed by atoms with Crippen LogP contribution < -0.4 is 16.4 Å². The van der Waals surface area contributed by atoms with Crippen LogP contribution in [0.25, 0.3) is 0 Å². The van der Waals surface area contributed by atoms with E-state index in [2.05, 4.69) is 0 Å². The molecule has 0 fully saturated rings. The highest BCUT2D eigenvalue weighted by atomic mass is 19.2. The first-order valence-corrected chi connectivity index (χ1v) is 8.46. The Balaban J connectivity index is 2.45. The third-order valence-corrected chi connectivity index (χ3v) is 4.54. The van der Waals surface area contributed by atoms with E-state index in [4.69, 9.17) is 0 Å². The van der Waals surface area contributed by atoms with Crippen molar-refractivity contribution >= 4 is 23.1 Å². The molecular formula is C21H15BF6. The Morgan fingerprint density at radius 2 is 0.607 bits per heavy atom. The first-order valence-electron chi connectivity index (χ1n) is 8.46. The fraction of sp³-hybridized carbons (Fsp3) is 0.143. The highest BCUT2D eigenvalue weighted by Crippen LogP contribution is 2.14. The van der Waals surface area contributed by atoms with Crippen molar-refractivity contribution in [1.82, 2.24) is 0 Å². The van der Waals surface area contributed by atoms with E-state index in [9.17, 15) is 26.3 Å². The molecule has 0 aliphatic rings. The van der Waals surface area contributed by atoms with Crippen LogP contribution in [0, 0.1) is 55.7 Å². The van der Waals surface area contributed by atoms with Gasteiger partial charge < -0.3 is 0 Å². The van der Waals surface area contributed by atoms with Crippen LogP contribution in [0.3, 0.4) is 0 Å². The van der Waals surface area contributed by atoms with Gasteiger partial charge in [0.05, 0.1) is 0 Å². The van der Waals surface area contributed by atoms with E-state index < -0.39 is 58.0 Å². The zero-order chi connectivity index (χ0) is 20.7. The number of benzene rings is 3. The van der Waals surface area contributed by atoms with Crippen LogP contribution in [-0.2, 0) is 0 Å². The zero-order valence-corrected chi connectivity index (χ0v) is 15.3. The van der Waals surface area contributed by atoms with Crippen LogP contribution in [0.2, 0.25) is 0 Å². The molecule has 0 atom stereocenters. The number of rotatable bonds is 3. The van der Waals surface area contributed by atoms with Crippen LogP contribution >= 0.6 is 0 Å². The minimum absolute atomic E-state index is 0.215. The first-order chi connectivity index (χ1) is 13.1. The molecule has 0 saturated carbocycles. The number of hydrogen-bond donors (Lipinski definition) is 0. The minimum atomic E-state index is -1.98. The Labute approximate surface area is 158 Å². The summed E-state index contributed by atoms with van der Waals surface area (Å²) in [6.07, 6.45) is 0. The van der Waals surface area contributed by atoms with Gasteiger partial charge in [-0.2, -0.15) is 0 Å². The Morgan fingerprint density at radius 3 is 0.786 bits per heavy atom. The molecule has 3 aromatic rings. The Bertz CT molecular complexity index is 871. The van der Waals surface area contributed by atoms with Gasteiger partial charge in [-0.1, -0.05) is 0 Å². The molecule has 7 heteroatoms. The molecule has 0 saturated heterocycles. The quantitative estimate of drug-likeness (QED) is 0.468. The van der Waals surface area contributed by atoms with Crippen molar-refractivity contribution in [1.29, 1.82) is 0 Å². The van der Waals surface area contributed by atoms with Crippen LogP contribution in [-0.4, -0.2) is 6.71 Å². The van der Waals surface area contributed by atoms with E-state index in [0.717, 1.165) is 36.4 Å². The van der Waals surface area contributed by atoms with Gasteiger partial charge in [-0.25, -0.2) is 26.3 Å². The molecule has 0 aliphatic carbocycles. The van der Waals surface area contributed by atoms with E-state index in [1.165, 1.54) is 20.8 Å². The van der Waals surface area contributed by atoms with Crippen LogP contribution in [0.15, 0.2) is 36.4 Å². The molecule has 0 unspecified atom stereocenters. The van der Waals surface area contributed by atoms with Gasteiger partial charge in [0, 0.05) is 16.4 Å². The summed E-state index contributed by atoms with van der Waals surface area (Å²) in [4.78, 5) is 0. The summed E-state index contributed by atoms with van der Waals surface area (Å²) >= 11 is 0. The lowest BCUT2D eigenvalue weighted by Gasteiger charge is -2.20. The topological polar surface area (TPSA) is 0 Å². The molecule has 0 amide bonds. The van der Waals surface area contributed by atoms with E-state index in [1.807, 2.05) is 0 Å². The summed E-state index contributed by atoms with van der Waals surface area (Å²) in [6.45, 7) is 2.28. The van der Waals surface area contributed by atoms with Gasteiger partial charge in [-0.05, 0) is 73.9 Å². The molecule has 0 heterocycles. The van der Waals surface area contributed by atoms with Crippen molar-refractivity contribution in [2.45, 2.75) is 20.8 Å². The second-order valence-electron chi connectivity index (χ2n) is 6.86. The molecule has 3 rings (SSSR count). The van der Waals surface area contributed by atoms with Gasteiger partial charge in [0.1, 0.15) is 34.9 Å². The standard InChI is InChI=1S/C21H15BF6/c1-10-4-13(23)19(14(24)5-10)22(20-15(25)6-11(2)7-16(20)26)21-17(27)8-12(3)9-18(21)28/h4-9H,1-3H3. The van der Waals surface area contributed by atoms with Gasteiger partial charge in [0.2, 0.25) is 0 Å². The lowest BCUT2D eigenvalue weighted by molar-refractivity contribution is 0.587. The predicted octanol–water partition coefficient (Wildman–Crippen LogP) is 3.96. The Hall–Kier alpha value is -2.70. The van der Waals surface area contributed by atoms with Crippen molar-refractivity contribution in [2.24, 2.45) is 0 Å². The first kappa shape index (κ1) is 20.0.